The molecule has 0 radical (unpaired) electrons. The van der Waals surface area contributed by atoms with E-state index in [0.717, 1.165) is 6.20 Å². The van der Waals surface area contributed by atoms with Crippen LogP contribution >= 0.6 is 0 Å². The first-order valence-corrected chi connectivity index (χ1v) is 4.38. The van der Waals surface area contributed by atoms with E-state index in [4.69, 9.17) is 0 Å². The van der Waals surface area contributed by atoms with Gasteiger partial charge in [0, 0.05) is 12.7 Å². The molecule has 0 bridgehead atoms. The normalized spacial score (nSPS) is 11.2. The second kappa shape index (κ2) is 4.82. The fourth-order valence-corrected chi connectivity index (χ4v) is 0.991. The lowest BCUT2D eigenvalue weighted by atomic mass is 10.2. The van der Waals surface area contributed by atoms with Crippen LogP contribution in [0.2, 0.25) is 0 Å². The fourth-order valence-electron chi connectivity index (χ4n) is 0.991. The Hall–Kier alpha value is -1.79. The summed E-state index contributed by atoms with van der Waals surface area (Å²) in [6, 6.07) is 1.22. The number of aromatic hydroxyl groups is 1. The summed E-state index contributed by atoms with van der Waals surface area (Å²) >= 11 is 0. The van der Waals surface area contributed by atoms with Crippen LogP contribution in [0.25, 0.3) is 0 Å². The number of halogens is 3. The maximum atomic E-state index is 11.8. The Morgan fingerprint density at radius 2 is 2.19 bits per heavy atom. The Morgan fingerprint density at radius 1 is 1.50 bits per heavy atom. The molecule has 1 amide bonds. The Labute approximate surface area is 89.1 Å². The van der Waals surface area contributed by atoms with E-state index in [1.54, 1.807) is 0 Å². The highest BCUT2D eigenvalue weighted by Gasteiger charge is 2.26. The standard InChI is InChI=1S/C9H9F3N2O2/c10-9(11,12)2-4-14-8(16)6-1-3-13-5-7(6)15/h1,3,5,15H,2,4H2,(H,14,16). The third kappa shape index (κ3) is 3.76. The average Bonchev–Trinajstić information content (AvgIpc) is 2.16. The third-order valence-electron chi connectivity index (χ3n) is 1.74. The fraction of sp³-hybridized carbons (Fsp3) is 0.333. The molecular formula is C9H9F3N2O2. The first kappa shape index (κ1) is 12.3. The molecule has 4 nitrogen and oxygen atoms in total. The first-order chi connectivity index (χ1) is 7.40. The third-order valence-corrected chi connectivity index (χ3v) is 1.74. The number of nitrogens with zero attached hydrogens (tertiary/aromatic N) is 1. The van der Waals surface area contributed by atoms with Crippen molar-refractivity contribution in [2.24, 2.45) is 0 Å². The van der Waals surface area contributed by atoms with Crippen molar-refractivity contribution in [1.29, 1.82) is 0 Å². The predicted octanol–water partition coefficient (Wildman–Crippen LogP) is 1.47. The summed E-state index contributed by atoms with van der Waals surface area (Å²) in [7, 11) is 0. The van der Waals surface area contributed by atoms with Gasteiger partial charge in [0.05, 0.1) is 18.2 Å². The van der Waals surface area contributed by atoms with Crippen LogP contribution in [0.5, 0.6) is 5.75 Å². The number of hydrogen-bond donors (Lipinski definition) is 2. The lowest BCUT2D eigenvalue weighted by molar-refractivity contribution is -0.132. The van der Waals surface area contributed by atoms with E-state index in [1.165, 1.54) is 12.3 Å². The molecule has 0 atom stereocenters. The smallest absolute Gasteiger partial charge is 0.390 e. The number of aromatic nitrogens is 1. The molecule has 0 fully saturated rings. The van der Waals surface area contributed by atoms with Gasteiger partial charge < -0.3 is 10.4 Å². The molecule has 88 valence electrons. The predicted molar refractivity (Wildman–Crippen MR) is 48.9 cm³/mol. The van der Waals surface area contributed by atoms with Crippen LogP contribution in [0.1, 0.15) is 16.8 Å². The van der Waals surface area contributed by atoms with Gasteiger partial charge in [0.1, 0.15) is 5.75 Å². The van der Waals surface area contributed by atoms with Crippen molar-refractivity contribution in [3.8, 4) is 5.75 Å². The van der Waals surface area contributed by atoms with Gasteiger partial charge in [-0.3, -0.25) is 9.78 Å². The number of pyridine rings is 1. The van der Waals surface area contributed by atoms with Crippen LogP contribution in [-0.4, -0.2) is 28.7 Å². The molecule has 0 saturated heterocycles. The van der Waals surface area contributed by atoms with Crippen molar-refractivity contribution in [3.05, 3.63) is 24.0 Å². The van der Waals surface area contributed by atoms with Crippen LogP contribution < -0.4 is 5.32 Å². The topological polar surface area (TPSA) is 62.2 Å². The maximum absolute atomic E-state index is 11.8. The van der Waals surface area contributed by atoms with Crippen molar-refractivity contribution >= 4 is 5.91 Å². The molecule has 0 spiro atoms. The van der Waals surface area contributed by atoms with Gasteiger partial charge in [-0.2, -0.15) is 13.2 Å². The molecule has 1 rings (SSSR count). The second-order valence-corrected chi connectivity index (χ2v) is 3.01. The van der Waals surface area contributed by atoms with E-state index in [1.807, 2.05) is 5.32 Å². The van der Waals surface area contributed by atoms with Crippen LogP contribution in [0.15, 0.2) is 18.5 Å². The van der Waals surface area contributed by atoms with Gasteiger partial charge in [0.2, 0.25) is 0 Å². The number of alkyl halides is 3. The summed E-state index contributed by atoms with van der Waals surface area (Å²) in [5.74, 6) is -1.13. The Bertz CT molecular complexity index is 379. The minimum absolute atomic E-state index is 0.0998. The zero-order chi connectivity index (χ0) is 12.2. The van der Waals surface area contributed by atoms with E-state index < -0.39 is 25.0 Å². The summed E-state index contributed by atoms with van der Waals surface area (Å²) in [6.07, 6.45) is -3.12. The van der Waals surface area contributed by atoms with Gasteiger partial charge >= 0.3 is 6.18 Å². The van der Waals surface area contributed by atoms with Gasteiger partial charge in [0.15, 0.2) is 0 Å². The van der Waals surface area contributed by atoms with Crippen molar-refractivity contribution < 1.29 is 23.1 Å². The highest BCUT2D eigenvalue weighted by molar-refractivity contribution is 5.96. The summed E-state index contributed by atoms with van der Waals surface area (Å²) in [4.78, 5) is 14.8. The number of amides is 1. The molecule has 2 N–H and O–H groups in total. The highest BCUT2D eigenvalue weighted by atomic mass is 19.4. The van der Waals surface area contributed by atoms with Crippen LogP contribution in [0.4, 0.5) is 13.2 Å². The SMILES string of the molecule is O=C(NCCC(F)(F)F)c1ccncc1O. The van der Waals surface area contributed by atoms with E-state index in [0.29, 0.717) is 0 Å². The number of nitrogens with one attached hydrogen (secondary N) is 1. The Balaban J connectivity index is 2.51. The van der Waals surface area contributed by atoms with Crippen LogP contribution in [0.3, 0.4) is 0 Å². The quantitative estimate of drug-likeness (QED) is 0.832. The molecule has 0 unspecified atom stereocenters. The zero-order valence-electron chi connectivity index (χ0n) is 8.08. The summed E-state index contributed by atoms with van der Waals surface area (Å²) in [5.41, 5.74) is -0.0998. The van der Waals surface area contributed by atoms with Crippen molar-refractivity contribution in [2.75, 3.05) is 6.54 Å². The van der Waals surface area contributed by atoms with Gasteiger partial charge in [-0.1, -0.05) is 0 Å². The minimum atomic E-state index is -4.31. The second-order valence-electron chi connectivity index (χ2n) is 3.01. The molecule has 1 aromatic rings. The molecule has 0 aliphatic heterocycles. The first-order valence-electron chi connectivity index (χ1n) is 4.38. The molecule has 7 heteroatoms. The minimum Gasteiger partial charge on any atom is -0.505 e. The zero-order valence-corrected chi connectivity index (χ0v) is 8.08. The van der Waals surface area contributed by atoms with Gasteiger partial charge in [0.25, 0.3) is 5.91 Å². The number of hydrogen-bond acceptors (Lipinski definition) is 3. The van der Waals surface area contributed by atoms with E-state index >= 15 is 0 Å². The van der Waals surface area contributed by atoms with Crippen LogP contribution in [0, 0.1) is 0 Å². The molecule has 0 aliphatic carbocycles. The number of rotatable bonds is 3. The summed E-state index contributed by atoms with van der Waals surface area (Å²) < 4.78 is 35.3. The van der Waals surface area contributed by atoms with Crippen LogP contribution in [-0.2, 0) is 0 Å². The van der Waals surface area contributed by atoms with Gasteiger partial charge in [-0.15, -0.1) is 0 Å². The Morgan fingerprint density at radius 3 is 2.75 bits per heavy atom. The van der Waals surface area contributed by atoms with E-state index in [-0.39, 0.29) is 11.3 Å². The molecule has 1 heterocycles. The summed E-state index contributed by atoms with van der Waals surface area (Å²) in [5, 5.41) is 11.2. The largest absolute Gasteiger partial charge is 0.505 e. The molecule has 0 aliphatic rings. The average molecular weight is 234 g/mol. The number of carbonyl (C=O) groups excluding carboxylic acids is 1. The molecule has 1 aromatic heterocycles. The van der Waals surface area contributed by atoms with Crippen molar-refractivity contribution in [2.45, 2.75) is 12.6 Å². The van der Waals surface area contributed by atoms with Gasteiger partial charge in [-0.05, 0) is 6.07 Å². The lowest BCUT2D eigenvalue weighted by Crippen LogP contribution is -2.27. The lowest BCUT2D eigenvalue weighted by Gasteiger charge is -2.08. The van der Waals surface area contributed by atoms with E-state index in [2.05, 4.69) is 4.98 Å². The van der Waals surface area contributed by atoms with Crippen molar-refractivity contribution in [1.82, 2.24) is 10.3 Å². The molecule has 0 aromatic carbocycles. The van der Waals surface area contributed by atoms with Gasteiger partial charge in [-0.25, -0.2) is 0 Å². The summed E-state index contributed by atoms with van der Waals surface area (Å²) in [6.45, 7) is -0.524. The maximum Gasteiger partial charge on any atom is 0.390 e. The highest BCUT2D eigenvalue weighted by Crippen LogP contribution is 2.18. The molecular weight excluding hydrogens is 225 g/mol. The monoisotopic (exact) mass is 234 g/mol. The molecule has 16 heavy (non-hydrogen) atoms. The molecule has 0 saturated carbocycles. The Kier molecular flexibility index (Phi) is 3.70. The van der Waals surface area contributed by atoms with Crippen molar-refractivity contribution in [3.63, 3.8) is 0 Å². The number of carbonyl (C=O) groups is 1. The van der Waals surface area contributed by atoms with E-state index in [9.17, 15) is 23.1 Å².